The molecule has 0 aliphatic rings. The first-order valence-electron chi connectivity index (χ1n) is 8.90. The Bertz CT molecular complexity index is 1470. The van der Waals surface area contributed by atoms with Crippen LogP contribution in [0, 0.1) is 0 Å². The van der Waals surface area contributed by atoms with E-state index in [0.29, 0.717) is 0 Å². The number of rotatable bonds is 1. The molecule has 0 aliphatic heterocycles. The van der Waals surface area contributed by atoms with Crippen LogP contribution in [0.1, 0.15) is 0 Å². The molecule has 0 radical (unpaired) electrons. The largest absolute Gasteiger partial charge is 0.354 e. The summed E-state index contributed by atoms with van der Waals surface area (Å²) in [6, 6.07) is 28.2. The molecule has 2 aromatic heterocycles. The second-order valence-corrected chi connectivity index (χ2v) is 8.71. The van der Waals surface area contributed by atoms with Crippen LogP contribution in [0.5, 0.6) is 0 Å². The average molecular weight is 428 g/mol. The lowest BCUT2D eigenvalue weighted by Gasteiger charge is -2.01. The van der Waals surface area contributed by atoms with Gasteiger partial charge >= 0.3 is 0 Å². The number of hydrogen-bond donors (Lipinski definition) is 1. The Morgan fingerprint density at radius 2 is 1.44 bits per heavy atom. The van der Waals surface area contributed by atoms with Crippen molar-refractivity contribution in [2.24, 2.45) is 0 Å². The van der Waals surface area contributed by atoms with Crippen LogP contribution in [-0.2, 0) is 0 Å². The summed E-state index contributed by atoms with van der Waals surface area (Å²) in [5, 5.41) is 5.27. The predicted octanol–water partition coefficient (Wildman–Crippen LogP) is 8.12. The molecule has 0 bridgehead atoms. The lowest BCUT2D eigenvalue weighted by Crippen LogP contribution is -1.77. The Balaban J connectivity index is 1.71. The highest BCUT2D eigenvalue weighted by Crippen LogP contribution is 2.43. The van der Waals surface area contributed by atoms with E-state index in [2.05, 4.69) is 99.8 Å². The van der Waals surface area contributed by atoms with Gasteiger partial charge in [0.25, 0.3) is 0 Å². The molecule has 128 valence electrons. The number of fused-ring (bicyclic) bond motifs is 7. The number of hydrogen-bond acceptors (Lipinski definition) is 1. The fourth-order valence-electron chi connectivity index (χ4n) is 4.02. The molecule has 0 fully saturated rings. The number of aromatic amines is 1. The number of halogens is 1. The van der Waals surface area contributed by atoms with Crippen LogP contribution in [0.2, 0.25) is 0 Å². The molecular formula is C24H14BrNS. The van der Waals surface area contributed by atoms with Gasteiger partial charge < -0.3 is 4.98 Å². The standard InChI is InChI=1S/C24H14BrNS/c25-19-8-4-7-16-17-11-12-20-22(24(17)27-23(16)19)18-10-9-15(13-21(18)26-20)14-5-2-1-3-6-14/h1-13,26H. The van der Waals surface area contributed by atoms with Crippen molar-refractivity contribution in [1.82, 2.24) is 4.98 Å². The first-order valence-corrected chi connectivity index (χ1v) is 10.5. The van der Waals surface area contributed by atoms with E-state index in [9.17, 15) is 0 Å². The Kier molecular flexibility index (Phi) is 3.25. The maximum atomic E-state index is 3.72. The lowest BCUT2D eigenvalue weighted by molar-refractivity contribution is 1.54. The van der Waals surface area contributed by atoms with Crippen LogP contribution < -0.4 is 0 Å². The van der Waals surface area contributed by atoms with Crippen LogP contribution in [-0.4, -0.2) is 4.98 Å². The monoisotopic (exact) mass is 427 g/mol. The molecule has 0 atom stereocenters. The predicted molar refractivity (Wildman–Crippen MR) is 122 cm³/mol. The Morgan fingerprint density at radius 1 is 0.630 bits per heavy atom. The van der Waals surface area contributed by atoms with E-state index in [1.807, 2.05) is 11.3 Å². The Labute approximate surface area is 168 Å². The number of nitrogens with one attached hydrogen (secondary N) is 1. The minimum absolute atomic E-state index is 1.17. The topological polar surface area (TPSA) is 15.8 Å². The zero-order valence-electron chi connectivity index (χ0n) is 14.3. The smallest absolute Gasteiger partial charge is 0.0497 e. The molecule has 0 aliphatic carbocycles. The van der Waals surface area contributed by atoms with E-state index in [-0.39, 0.29) is 0 Å². The van der Waals surface area contributed by atoms with Crippen LogP contribution in [0.15, 0.2) is 83.3 Å². The van der Waals surface area contributed by atoms with Crippen LogP contribution in [0.4, 0.5) is 0 Å². The Hall–Kier alpha value is -2.62. The Morgan fingerprint density at radius 3 is 2.33 bits per heavy atom. The van der Waals surface area contributed by atoms with Gasteiger partial charge in [-0.3, -0.25) is 0 Å². The van der Waals surface area contributed by atoms with E-state index >= 15 is 0 Å². The van der Waals surface area contributed by atoms with E-state index < -0.39 is 0 Å². The van der Waals surface area contributed by atoms with Gasteiger partial charge in [-0.2, -0.15) is 0 Å². The molecule has 27 heavy (non-hydrogen) atoms. The van der Waals surface area contributed by atoms with Gasteiger partial charge in [0.1, 0.15) is 0 Å². The summed E-state index contributed by atoms with van der Waals surface area (Å²) >= 11 is 5.59. The number of benzene rings is 4. The molecule has 3 heteroatoms. The van der Waals surface area contributed by atoms with Crippen LogP contribution >= 0.6 is 27.3 Å². The van der Waals surface area contributed by atoms with Crippen LogP contribution in [0.25, 0.3) is 53.1 Å². The molecule has 2 heterocycles. The zero-order chi connectivity index (χ0) is 18.0. The molecule has 0 saturated carbocycles. The fourth-order valence-corrected chi connectivity index (χ4v) is 5.90. The number of thiophene rings is 1. The average Bonchev–Trinajstić information content (AvgIpc) is 3.27. The first kappa shape index (κ1) is 15.4. The van der Waals surface area contributed by atoms with Crippen molar-refractivity contribution in [2.45, 2.75) is 0 Å². The third-order valence-electron chi connectivity index (χ3n) is 5.28. The van der Waals surface area contributed by atoms with Gasteiger partial charge in [0.05, 0.1) is 0 Å². The maximum Gasteiger partial charge on any atom is 0.0497 e. The van der Waals surface area contributed by atoms with Crippen molar-refractivity contribution in [3.05, 3.63) is 83.3 Å². The lowest BCUT2D eigenvalue weighted by atomic mass is 10.0. The fraction of sp³-hybridized carbons (Fsp3) is 0. The van der Waals surface area contributed by atoms with Gasteiger partial charge in [0, 0.05) is 46.5 Å². The van der Waals surface area contributed by atoms with Crippen molar-refractivity contribution in [3.63, 3.8) is 0 Å². The highest BCUT2D eigenvalue weighted by Gasteiger charge is 2.14. The minimum Gasteiger partial charge on any atom is -0.354 e. The van der Waals surface area contributed by atoms with Crippen molar-refractivity contribution in [2.75, 3.05) is 0 Å². The summed E-state index contributed by atoms with van der Waals surface area (Å²) in [5.74, 6) is 0. The highest BCUT2D eigenvalue weighted by atomic mass is 79.9. The molecule has 0 amide bonds. The van der Waals surface area contributed by atoms with Crippen molar-refractivity contribution >= 4 is 69.2 Å². The second-order valence-electron chi connectivity index (χ2n) is 6.83. The summed E-state index contributed by atoms with van der Waals surface area (Å²) in [6.45, 7) is 0. The molecule has 0 unspecified atom stereocenters. The third kappa shape index (κ3) is 2.22. The zero-order valence-corrected chi connectivity index (χ0v) is 16.7. The van der Waals surface area contributed by atoms with Gasteiger partial charge in [0.2, 0.25) is 0 Å². The van der Waals surface area contributed by atoms with Gasteiger partial charge in [-0.1, -0.05) is 60.7 Å². The maximum absolute atomic E-state index is 3.72. The van der Waals surface area contributed by atoms with E-state index in [1.54, 1.807) is 0 Å². The van der Waals surface area contributed by atoms with Gasteiger partial charge in [-0.05, 0) is 45.3 Å². The highest BCUT2D eigenvalue weighted by molar-refractivity contribution is 9.10. The number of aromatic nitrogens is 1. The number of H-pyrrole nitrogens is 1. The third-order valence-corrected chi connectivity index (χ3v) is 7.48. The van der Waals surface area contributed by atoms with Gasteiger partial charge in [0.15, 0.2) is 0 Å². The quantitative estimate of drug-likeness (QED) is 0.272. The molecule has 6 rings (SSSR count). The molecule has 6 aromatic rings. The second kappa shape index (κ2) is 5.69. The normalized spacial score (nSPS) is 11.9. The minimum atomic E-state index is 1.17. The summed E-state index contributed by atoms with van der Waals surface area (Å²) in [4.78, 5) is 3.63. The summed E-state index contributed by atoms with van der Waals surface area (Å²) in [6.07, 6.45) is 0. The molecule has 0 saturated heterocycles. The molecule has 4 aromatic carbocycles. The van der Waals surface area contributed by atoms with Crippen molar-refractivity contribution in [1.29, 1.82) is 0 Å². The van der Waals surface area contributed by atoms with Crippen molar-refractivity contribution < 1.29 is 0 Å². The molecule has 1 nitrogen and oxygen atoms in total. The summed E-state index contributed by atoms with van der Waals surface area (Å²) < 4.78 is 3.84. The summed E-state index contributed by atoms with van der Waals surface area (Å²) in [7, 11) is 0. The summed E-state index contributed by atoms with van der Waals surface area (Å²) in [5.41, 5.74) is 4.87. The van der Waals surface area contributed by atoms with Crippen LogP contribution in [0.3, 0.4) is 0 Å². The van der Waals surface area contributed by atoms with E-state index in [0.717, 1.165) is 0 Å². The van der Waals surface area contributed by atoms with Gasteiger partial charge in [-0.25, -0.2) is 0 Å². The molecule has 0 spiro atoms. The SMILES string of the molecule is Brc1cccc2c1sc1c2ccc2[nH]c3cc(-c4ccccc4)ccc3c21. The first-order chi connectivity index (χ1) is 13.3. The van der Waals surface area contributed by atoms with Crippen molar-refractivity contribution in [3.8, 4) is 11.1 Å². The molecule has 1 N–H and O–H groups in total. The van der Waals surface area contributed by atoms with Gasteiger partial charge in [-0.15, -0.1) is 11.3 Å². The van der Waals surface area contributed by atoms with E-state index in [4.69, 9.17) is 0 Å². The molecular weight excluding hydrogens is 414 g/mol. The van der Waals surface area contributed by atoms with E-state index in [1.165, 1.54) is 57.6 Å².